The van der Waals surface area contributed by atoms with Crippen molar-refractivity contribution in [1.29, 1.82) is 0 Å². The molecule has 2 N–H and O–H groups in total. The summed E-state index contributed by atoms with van der Waals surface area (Å²) in [6, 6.07) is 21.0. The highest BCUT2D eigenvalue weighted by atomic mass is 35.5. The molecule has 0 bridgehead atoms. The quantitative estimate of drug-likeness (QED) is 0.402. The van der Waals surface area contributed by atoms with Crippen LogP contribution in [0.2, 0.25) is 5.02 Å². The van der Waals surface area contributed by atoms with E-state index in [1.807, 2.05) is 66.7 Å². The summed E-state index contributed by atoms with van der Waals surface area (Å²) >= 11 is 5.99. The van der Waals surface area contributed by atoms with Crippen LogP contribution in [-0.4, -0.2) is 24.2 Å². The summed E-state index contributed by atoms with van der Waals surface area (Å²) in [5.74, 6) is 2.62. The van der Waals surface area contributed by atoms with Crippen molar-refractivity contribution in [2.24, 2.45) is 0 Å². The van der Waals surface area contributed by atoms with Gasteiger partial charge in [-0.1, -0.05) is 35.9 Å². The fraction of sp³-hybridized carbons (Fsp3) is 0.130. The Balaban J connectivity index is 1.68. The van der Waals surface area contributed by atoms with Gasteiger partial charge in [0.15, 0.2) is 11.6 Å². The monoisotopic (exact) mass is 420 g/mol. The van der Waals surface area contributed by atoms with Crippen molar-refractivity contribution in [3.05, 3.63) is 77.3 Å². The van der Waals surface area contributed by atoms with E-state index in [0.29, 0.717) is 34.7 Å². The Kier molecular flexibility index (Phi) is 5.86. The number of aromatic nitrogens is 2. The standard InChI is InChI=1S/C23H21ClN4O2/c1-29-18-11-17(12-19(13-18)30-2)26-23-22(25-14-15-7-9-16(24)10-8-15)27-20-5-3-4-6-21(20)28-23/h3-13H,14H2,1-2H3,(H,25,27)(H,26,28). The number of anilines is 3. The molecule has 4 rings (SSSR count). The van der Waals surface area contributed by atoms with Gasteiger partial charge in [-0.15, -0.1) is 0 Å². The second kappa shape index (κ2) is 8.88. The fourth-order valence-corrected chi connectivity index (χ4v) is 3.14. The second-order valence-electron chi connectivity index (χ2n) is 6.62. The first-order valence-electron chi connectivity index (χ1n) is 9.40. The van der Waals surface area contributed by atoms with Crippen LogP contribution >= 0.6 is 11.6 Å². The second-order valence-corrected chi connectivity index (χ2v) is 7.05. The van der Waals surface area contributed by atoms with Gasteiger partial charge in [-0.25, -0.2) is 9.97 Å². The van der Waals surface area contributed by atoms with Crippen LogP contribution in [0.5, 0.6) is 11.5 Å². The van der Waals surface area contributed by atoms with Gasteiger partial charge in [-0.2, -0.15) is 0 Å². The van der Waals surface area contributed by atoms with E-state index in [9.17, 15) is 0 Å². The van der Waals surface area contributed by atoms with Crippen LogP contribution in [0, 0.1) is 0 Å². The number of fused-ring (bicyclic) bond motifs is 1. The molecule has 0 spiro atoms. The third kappa shape index (κ3) is 4.55. The molecule has 0 fully saturated rings. The predicted octanol–water partition coefficient (Wildman–Crippen LogP) is 5.66. The molecule has 1 aromatic heterocycles. The van der Waals surface area contributed by atoms with Crippen molar-refractivity contribution < 1.29 is 9.47 Å². The van der Waals surface area contributed by atoms with Crippen LogP contribution < -0.4 is 20.1 Å². The van der Waals surface area contributed by atoms with E-state index in [0.717, 1.165) is 22.3 Å². The first-order chi connectivity index (χ1) is 14.6. The molecule has 0 aliphatic heterocycles. The molecule has 0 atom stereocenters. The summed E-state index contributed by atoms with van der Waals surface area (Å²) < 4.78 is 10.7. The molecule has 0 saturated heterocycles. The summed E-state index contributed by atoms with van der Waals surface area (Å²) in [4.78, 5) is 9.53. The van der Waals surface area contributed by atoms with Gasteiger partial charge in [-0.05, 0) is 29.8 Å². The number of benzene rings is 3. The van der Waals surface area contributed by atoms with Gasteiger partial charge in [0.1, 0.15) is 11.5 Å². The molecule has 3 aromatic carbocycles. The van der Waals surface area contributed by atoms with Gasteiger partial charge in [0.25, 0.3) is 0 Å². The van der Waals surface area contributed by atoms with E-state index in [1.165, 1.54) is 0 Å². The minimum Gasteiger partial charge on any atom is -0.497 e. The number of nitrogens with one attached hydrogen (secondary N) is 2. The average Bonchev–Trinajstić information content (AvgIpc) is 2.78. The number of halogens is 1. The molecular formula is C23H21ClN4O2. The fourth-order valence-electron chi connectivity index (χ4n) is 3.01. The lowest BCUT2D eigenvalue weighted by Crippen LogP contribution is -2.07. The van der Waals surface area contributed by atoms with E-state index in [1.54, 1.807) is 14.2 Å². The number of nitrogens with zero attached hydrogens (tertiary/aromatic N) is 2. The van der Waals surface area contributed by atoms with Crippen LogP contribution in [0.3, 0.4) is 0 Å². The van der Waals surface area contributed by atoms with Crippen molar-refractivity contribution in [3.63, 3.8) is 0 Å². The Morgan fingerprint density at radius 3 is 2.00 bits per heavy atom. The Morgan fingerprint density at radius 2 is 1.40 bits per heavy atom. The topological polar surface area (TPSA) is 68.3 Å². The Morgan fingerprint density at radius 1 is 0.800 bits per heavy atom. The summed E-state index contributed by atoms with van der Waals surface area (Å²) in [5, 5.41) is 7.43. The van der Waals surface area contributed by atoms with Gasteiger partial charge in [0.2, 0.25) is 0 Å². The van der Waals surface area contributed by atoms with Crippen LogP contribution in [0.25, 0.3) is 11.0 Å². The number of ether oxygens (including phenoxy) is 2. The highest BCUT2D eigenvalue weighted by Crippen LogP contribution is 2.30. The molecule has 0 radical (unpaired) electrons. The zero-order valence-corrected chi connectivity index (χ0v) is 17.4. The maximum Gasteiger partial charge on any atom is 0.174 e. The zero-order chi connectivity index (χ0) is 20.9. The van der Waals surface area contributed by atoms with Gasteiger partial charge in [-0.3, -0.25) is 0 Å². The zero-order valence-electron chi connectivity index (χ0n) is 16.6. The third-order valence-electron chi connectivity index (χ3n) is 4.56. The maximum atomic E-state index is 5.99. The molecule has 4 aromatic rings. The molecule has 0 aliphatic carbocycles. The normalized spacial score (nSPS) is 10.6. The van der Waals surface area contributed by atoms with Crippen LogP contribution in [0.15, 0.2) is 66.7 Å². The van der Waals surface area contributed by atoms with Crippen molar-refractivity contribution in [2.75, 3.05) is 24.9 Å². The molecule has 1 heterocycles. The molecular weight excluding hydrogens is 400 g/mol. The Labute approximate surface area is 179 Å². The molecule has 30 heavy (non-hydrogen) atoms. The van der Waals surface area contributed by atoms with E-state index >= 15 is 0 Å². The minimum absolute atomic E-state index is 0.584. The Bertz CT molecular complexity index is 1140. The SMILES string of the molecule is COc1cc(Nc2nc3ccccc3nc2NCc2ccc(Cl)cc2)cc(OC)c1. The lowest BCUT2D eigenvalue weighted by Gasteiger charge is -2.15. The maximum absolute atomic E-state index is 5.99. The van der Waals surface area contributed by atoms with Gasteiger partial charge >= 0.3 is 0 Å². The summed E-state index contributed by atoms with van der Waals surface area (Å²) in [6.45, 7) is 0.584. The largest absolute Gasteiger partial charge is 0.497 e. The molecule has 7 heteroatoms. The van der Waals surface area contributed by atoms with Crippen LogP contribution in [0.1, 0.15) is 5.56 Å². The summed E-state index contributed by atoms with van der Waals surface area (Å²) in [5.41, 5.74) is 3.48. The van der Waals surface area contributed by atoms with Crippen LogP contribution in [-0.2, 0) is 6.54 Å². The first kappa shape index (κ1) is 19.8. The lowest BCUT2D eigenvalue weighted by molar-refractivity contribution is 0.395. The average molecular weight is 421 g/mol. The predicted molar refractivity (Wildman–Crippen MR) is 121 cm³/mol. The van der Waals surface area contributed by atoms with E-state index in [-0.39, 0.29) is 0 Å². The van der Waals surface area contributed by atoms with E-state index in [4.69, 9.17) is 31.0 Å². The molecule has 0 aliphatic rings. The number of hydrogen-bond acceptors (Lipinski definition) is 6. The van der Waals surface area contributed by atoms with Crippen molar-refractivity contribution in [2.45, 2.75) is 6.54 Å². The molecule has 6 nitrogen and oxygen atoms in total. The Hall–Kier alpha value is -3.51. The van der Waals surface area contributed by atoms with Crippen molar-refractivity contribution in [1.82, 2.24) is 9.97 Å². The van der Waals surface area contributed by atoms with Gasteiger partial charge < -0.3 is 20.1 Å². The number of rotatable bonds is 7. The van der Waals surface area contributed by atoms with E-state index in [2.05, 4.69) is 10.6 Å². The highest BCUT2D eigenvalue weighted by molar-refractivity contribution is 6.30. The highest BCUT2D eigenvalue weighted by Gasteiger charge is 2.11. The summed E-state index contributed by atoms with van der Waals surface area (Å²) in [7, 11) is 3.24. The third-order valence-corrected chi connectivity index (χ3v) is 4.81. The van der Waals surface area contributed by atoms with Crippen LogP contribution in [0.4, 0.5) is 17.3 Å². The smallest absolute Gasteiger partial charge is 0.174 e. The van der Waals surface area contributed by atoms with E-state index < -0.39 is 0 Å². The molecule has 152 valence electrons. The number of methoxy groups -OCH3 is 2. The lowest BCUT2D eigenvalue weighted by atomic mass is 10.2. The molecule has 0 unspecified atom stereocenters. The van der Waals surface area contributed by atoms with Gasteiger partial charge in [0, 0.05) is 35.5 Å². The number of hydrogen-bond donors (Lipinski definition) is 2. The molecule has 0 saturated carbocycles. The van der Waals surface area contributed by atoms with Crippen molar-refractivity contribution in [3.8, 4) is 11.5 Å². The number of para-hydroxylation sites is 2. The summed E-state index contributed by atoms with van der Waals surface area (Å²) in [6.07, 6.45) is 0. The molecule has 0 amide bonds. The van der Waals surface area contributed by atoms with Crippen molar-refractivity contribution >= 4 is 40.0 Å². The first-order valence-corrected chi connectivity index (χ1v) is 9.77. The van der Waals surface area contributed by atoms with Gasteiger partial charge in [0.05, 0.1) is 25.3 Å². The minimum atomic E-state index is 0.584.